The predicted molar refractivity (Wildman–Crippen MR) is 186 cm³/mol. The van der Waals surface area contributed by atoms with Crippen molar-refractivity contribution in [2.24, 2.45) is 0 Å². The highest BCUT2D eigenvalue weighted by atomic mass is 16.7. The first-order chi connectivity index (χ1) is 22.8. The molecule has 9 rings (SSSR count). The summed E-state index contributed by atoms with van der Waals surface area (Å²) in [7, 11) is -0.564. The fraction of sp³-hybridized carbons (Fsp3) is 0.154. The third-order valence-electron chi connectivity index (χ3n) is 9.62. The Bertz CT molecular complexity index is 2480. The third kappa shape index (κ3) is 4.32. The van der Waals surface area contributed by atoms with E-state index in [1.165, 1.54) is 0 Å². The molecule has 0 spiro atoms. The lowest BCUT2D eigenvalue weighted by Gasteiger charge is -2.32. The first-order valence-electron chi connectivity index (χ1n) is 15.8. The SMILES string of the molecule is CC1(C)OB(c2cccc3c2oc2c(-c4nc(-c5ccccc5)nc(-c5cccc6c5oc5ccccc56)n4)cccc23)OC1(C)C. The molecular formula is C39H30BN3O4. The molecule has 228 valence electrons. The van der Waals surface area contributed by atoms with E-state index in [1.54, 1.807) is 0 Å². The Morgan fingerprint density at radius 1 is 0.468 bits per heavy atom. The molecule has 1 aliphatic heterocycles. The summed E-state index contributed by atoms with van der Waals surface area (Å²) in [5.41, 5.74) is 5.29. The van der Waals surface area contributed by atoms with Crippen LogP contribution in [0.2, 0.25) is 0 Å². The quantitative estimate of drug-likeness (QED) is 0.183. The summed E-state index contributed by atoms with van der Waals surface area (Å²) < 4.78 is 26.0. The first kappa shape index (κ1) is 28.0. The molecule has 0 saturated carbocycles. The number of nitrogens with zero attached hydrogens (tertiary/aromatic N) is 3. The number of furan rings is 2. The van der Waals surface area contributed by atoms with E-state index in [0.29, 0.717) is 23.1 Å². The summed E-state index contributed by atoms with van der Waals surface area (Å²) in [6.07, 6.45) is 0. The van der Waals surface area contributed by atoms with Gasteiger partial charge in [-0.25, -0.2) is 15.0 Å². The summed E-state index contributed by atoms with van der Waals surface area (Å²) >= 11 is 0. The van der Waals surface area contributed by atoms with Gasteiger partial charge in [-0.1, -0.05) is 91.0 Å². The number of rotatable bonds is 4. The van der Waals surface area contributed by atoms with Crippen LogP contribution in [0.1, 0.15) is 27.7 Å². The molecule has 7 nitrogen and oxygen atoms in total. The van der Waals surface area contributed by atoms with Crippen LogP contribution in [0.3, 0.4) is 0 Å². The molecule has 0 bridgehead atoms. The second kappa shape index (κ2) is 10.1. The zero-order valence-electron chi connectivity index (χ0n) is 26.4. The topological polar surface area (TPSA) is 83.4 Å². The van der Waals surface area contributed by atoms with Gasteiger partial charge in [-0.2, -0.15) is 0 Å². The number of fused-ring (bicyclic) bond motifs is 6. The van der Waals surface area contributed by atoms with Crippen molar-refractivity contribution >= 4 is 56.5 Å². The van der Waals surface area contributed by atoms with Gasteiger partial charge in [0.1, 0.15) is 22.3 Å². The zero-order valence-corrected chi connectivity index (χ0v) is 26.4. The van der Waals surface area contributed by atoms with Crippen LogP contribution in [0.15, 0.2) is 118 Å². The summed E-state index contributed by atoms with van der Waals surface area (Å²) in [6.45, 7) is 8.22. The van der Waals surface area contributed by atoms with Crippen molar-refractivity contribution < 1.29 is 18.1 Å². The minimum Gasteiger partial charge on any atom is -0.456 e. The molecule has 1 aliphatic rings. The summed E-state index contributed by atoms with van der Waals surface area (Å²) in [4.78, 5) is 15.1. The van der Waals surface area contributed by atoms with E-state index < -0.39 is 18.3 Å². The van der Waals surface area contributed by atoms with Crippen molar-refractivity contribution in [3.63, 3.8) is 0 Å². The highest BCUT2D eigenvalue weighted by molar-refractivity contribution is 6.65. The van der Waals surface area contributed by atoms with E-state index in [9.17, 15) is 0 Å². The average Bonchev–Trinajstić information content (AvgIpc) is 3.73. The van der Waals surface area contributed by atoms with E-state index in [2.05, 4.69) is 52.0 Å². The van der Waals surface area contributed by atoms with Crippen LogP contribution in [-0.4, -0.2) is 33.3 Å². The Hall–Kier alpha value is -5.31. The number of benzene rings is 5. The van der Waals surface area contributed by atoms with Gasteiger partial charge in [0.05, 0.1) is 22.3 Å². The molecular weight excluding hydrogens is 585 g/mol. The number of aromatic nitrogens is 3. The summed E-state index contributed by atoms with van der Waals surface area (Å²) in [5, 5.41) is 3.99. The molecule has 0 N–H and O–H groups in total. The minimum absolute atomic E-state index is 0.477. The Morgan fingerprint density at radius 2 is 0.979 bits per heavy atom. The van der Waals surface area contributed by atoms with E-state index in [4.69, 9.17) is 33.1 Å². The van der Waals surface area contributed by atoms with Gasteiger partial charge in [-0.05, 0) is 45.9 Å². The molecule has 0 unspecified atom stereocenters. The van der Waals surface area contributed by atoms with E-state index in [-0.39, 0.29) is 0 Å². The van der Waals surface area contributed by atoms with Crippen LogP contribution in [0, 0.1) is 0 Å². The highest BCUT2D eigenvalue weighted by Crippen LogP contribution is 2.40. The van der Waals surface area contributed by atoms with Gasteiger partial charge in [0, 0.05) is 32.6 Å². The van der Waals surface area contributed by atoms with Gasteiger partial charge in [0.15, 0.2) is 17.5 Å². The number of para-hydroxylation sites is 4. The molecule has 0 radical (unpaired) electrons. The van der Waals surface area contributed by atoms with Gasteiger partial charge in [-0.3, -0.25) is 0 Å². The lowest BCUT2D eigenvalue weighted by molar-refractivity contribution is 0.00578. The van der Waals surface area contributed by atoms with Crippen LogP contribution in [-0.2, 0) is 9.31 Å². The van der Waals surface area contributed by atoms with Crippen molar-refractivity contribution in [1.29, 1.82) is 0 Å². The Kier molecular flexibility index (Phi) is 6.01. The molecule has 0 amide bonds. The fourth-order valence-electron chi connectivity index (χ4n) is 6.43. The van der Waals surface area contributed by atoms with Crippen molar-refractivity contribution in [3.05, 3.63) is 109 Å². The maximum Gasteiger partial charge on any atom is 0.498 e. The molecule has 3 aromatic heterocycles. The second-order valence-corrected chi connectivity index (χ2v) is 13.0. The normalized spacial score (nSPS) is 15.8. The Morgan fingerprint density at radius 3 is 1.66 bits per heavy atom. The molecule has 0 aliphatic carbocycles. The van der Waals surface area contributed by atoms with Crippen LogP contribution in [0.25, 0.3) is 78.0 Å². The molecule has 8 heteroatoms. The first-order valence-corrected chi connectivity index (χ1v) is 15.8. The second-order valence-electron chi connectivity index (χ2n) is 13.0. The summed E-state index contributed by atoms with van der Waals surface area (Å²) in [5.74, 6) is 1.58. The van der Waals surface area contributed by atoms with E-state index in [0.717, 1.165) is 60.4 Å². The van der Waals surface area contributed by atoms with Crippen molar-refractivity contribution in [2.75, 3.05) is 0 Å². The molecule has 8 aromatic rings. The van der Waals surface area contributed by atoms with Gasteiger partial charge < -0.3 is 18.1 Å². The van der Waals surface area contributed by atoms with Crippen molar-refractivity contribution in [3.8, 4) is 34.2 Å². The van der Waals surface area contributed by atoms with Crippen molar-refractivity contribution in [2.45, 2.75) is 38.9 Å². The molecule has 1 saturated heterocycles. The van der Waals surface area contributed by atoms with E-state index >= 15 is 0 Å². The zero-order chi connectivity index (χ0) is 31.9. The number of hydrogen-bond acceptors (Lipinski definition) is 7. The van der Waals surface area contributed by atoms with Gasteiger partial charge >= 0.3 is 7.12 Å². The van der Waals surface area contributed by atoms with Gasteiger partial charge in [0.2, 0.25) is 0 Å². The fourth-order valence-corrected chi connectivity index (χ4v) is 6.43. The van der Waals surface area contributed by atoms with E-state index in [1.807, 2.05) is 84.9 Å². The molecule has 1 fully saturated rings. The number of hydrogen-bond donors (Lipinski definition) is 0. The van der Waals surface area contributed by atoms with Crippen LogP contribution in [0.4, 0.5) is 0 Å². The smallest absolute Gasteiger partial charge is 0.456 e. The van der Waals surface area contributed by atoms with Gasteiger partial charge in [0.25, 0.3) is 0 Å². The maximum atomic E-state index is 6.74. The Balaban J connectivity index is 1.26. The standard InChI is InChI=1S/C39H30BN3O4/c1-38(2)39(3,4)47-40(46-38)30-21-12-18-27-26-17-11-20-29(33(26)45-34(27)30)37-42-35(23-13-6-5-7-14-23)41-36(43-37)28-19-10-16-25-24-15-8-9-22-31(24)44-32(25)28/h5-22H,1-4H3. The average molecular weight is 615 g/mol. The van der Waals surface area contributed by atoms with Crippen LogP contribution in [0.5, 0.6) is 0 Å². The third-order valence-corrected chi connectivity index (χ3v) is 9.62. The van der Waals surface area contributed by atoms with Crippen molar-refractivity contribution in [1.82, 2.24) is 15.0 Å². The minimum atomic E-state index is -0.564. The lowest BCUT2D eigenvalue weighted by atomic mass is 9.78. The maximum absolute atomic E-state index is 6.74. The predicted octanol–water partition coefficient (Wildman–Crippen LogP) is 8.97. The molecule has 4 heterocycles. The van der Waals surface area contributed by atoms with Crippen LogP contribution < -0.4 is 5.46 Å². The largest absolute Gasteiger partial charge is 0.498 e. The monoisotopic (exact) mass is 615 g/mol. The van der Waals surface area contributed by atoms with Gasteiger partial charge in [-0.15, -0.1) is 0 Å². The Labute approximate surface area is 271 Å². The molecule has 0 atom stereocenters. The highest BCUT2D eigenvalue weighted by Gasteiger charge is 2.52. The van der Waals surface area contributed by atoms with Crippen LogP contribution >= 0.6 is 0 Å². The lowest BCUT2D eigenvalue weighted by Crippen LogP contribution is -2.41. The summed E-state index contributed by atoms with van der Waals surface area (Å²) in [6, 6.07) is 36.2. The molecule has 47 heavy (non-hydrogen) atoms. The molecule has 5 aromatic carbocycles.